The fourth-order valence-corrected chi connectivity index (χ4v) is 3.54. The summed E-state index contributed by atoms with van der Waals surface area (Å²) in [5.74, 6) is 2.88. The second-order valence-corrected chi connectivity index (χ2v) is 8.05. The van der Waals surface area contributed by atoms with Crippen LogP contribution in [-0.4, -0.2) is 44.6 Å². The van der Waals surface area contributed by atoms with Gasteiger partial charge in [-0.2, -0.15) is 4.98 Å². The molecule has 0 bridgehead atoms. The van der Waals surface area contributed by atoms with Crippen LogP contribution in [0, 0.1) is 0 Å². The normalized spacial score (nSPS) is 15.2. The lowest BCUT2D eigenvalue weighted by molar-refractivity contribution is 0.489. The molecule has 156 valence electrons. The summed E-state index contributed by atoms with van der Waals surface area (Å²) in [5.41, 5.74) is 3.36. The van der Waals surface area contributed by atoms with Crippen molar-refractivity contribution in [2.75, 3.05) is 30.4 Å². The average Bonchev–Trinajstić information content (AvgIpc) is 3.36. The van der Waals surface area contributed by atoms with E-state index < -0.39 is 0 Å². The molecule has 7 heteroatoms. The zero-order valence-electron chi connectivity index (χ0n) is 18.1. The van der Waals surface area contributed by atoms with Gasteiger partial charge in [0.2, 0.25) is 5.95 Å². The Labute approximate surface area is 178 Å². The van der Waals surface area contributed by atoms with Gasteiger partial charge >= 0.3 is 0 Å². The number of likely N-dealkylation sites (N-methyl/N-ethyl adjacent to an activating group) is 1. The number of hydrogen-bond acceptors (Lipinski definition) is 6. The van der Waals surface area contributed by atoms with E-state index >= 15 is 0 Å². The van der Waals surface area contributed by atoms with Gasteiger partial charge in [-0.15, -0.1) is 0 Å². The minimum Gasteiger partial charge on any atom is -0.360 e. The number of aromatic nitrogens is 4. The second kappa shape index (κ2) is 8.18. The zero-order valence-corrected chi connectivity index (χ0v) is 18.1. The lowest BCUT2D eigenvalue weighted by atomic mass is 10.0. The van der Waals surface area contributed by atoms with Crippen LogP contribution in [0.3, 0.4) is 0 Å². The Morgan fingerprint density at radius 3 is 2.67 bits per heavy atom. The van der Waals surface area contributed by atoms with Crippen molar-refractivity contribution in [1.82, 2.24) is 24.4 Å². The van der Waals surface area contributed by atoms with E-state index in [1.807, 2.05) is 19.4 Å². The van der Waals surface area contributed by atoms with Gasteiger partial charge in [-0.25, -0.2) is 9.97 Å². The lowest BCUT2D eigenvalue weighted by Gasteiger charge is -2.20. The first-order valence-corrected chi connectivity index (χ1v) is 10.3. The largest absolute Gasteiger partial charge is 0.360 e. The Kier molecular flexibility index (Phi) is 5.44. The molecular formula is C23H29N7. The van der Waals surface area contributed by atoms with Crippen LogP contribution in [0.4, 0.5) is 11.8 Å². The quantitative estimate of drug-likeness (QED) is 0.666. The van der Waals surface area contributed by atoms with E-state index in [1.54, 1.807) is 6.20 Å². The highest BCUT2D eigenvalue weighted by Gasteiger charge is 2.22. The van der Waals surface area contributed by atoms with Crippen LogP contribution < -0.4 is 10.2 Å². The van der Waals surface area contributed by atoms with Gasteiger partial charge < -0.3 is 19.7 Å². The molecule has 0 aliphatic carbocycles. The molecule has 0 spiro atoms. The van der Waals surface area contributed by atoms with Crippen molar-refractivity contribution in [2.24, 2.45) is 0 Å². The highest BCUT2D eigenvalue weighted by molar-refractivity contribution is 5.49. The molecule has 30 heavy (non-hydrogen) atoms. The van der Waals surface area contributed by atoms with Crippen molar-refractivity contribution in [3.05, 3.63) is 72.7 Å². The third kappa shape index (κ3) is 4.01. The molecule has 1 aliphatic rings. The molecule has 3 aromatic rings. The first kappa shape index (κ1) is 19.9. The average molecular weight is 404 g/mol. The molecule has 2 aromatic heterocycles. The summed E-state index contributed by atoms with van der Waals surface area (Å²) in [7, 11) is 2.04. The standard InChI is InChI=1S/C23H29N7/c1-16(2)19-7-6-8-20(13-19)29-14-21(25-15-29)17(3)26-23-24-10-9-22(27-23)30-12-11-28(5)18(30)4/h6-10,13-17H,4,11-12H2,1-3,5H3,(H,24,26,27). The second-order valence-electron chi connectivity index (χ2n) is 8.05. The van der Waals surface area contributed by atoms with Gasteiger partial charge in [-0.05, 0) is 36.6 Å². The van der Waals surface area contributed by atoms with Gasteiger partial charge in [0.05, 0.1) is 18.1 Å². The molecular weight excluding hydrogens is 374 g/mol. The smallest absolute Gasteiger partial charge is 0.225 e. The third-order valence-electron chi connectivity index (χ3n) is 5.56. The van der Waals surface area contributed by atoms with Crippen LogP contribution in [0.2, 0.25) is 0 Å². The molecule has 1 atom stereocenters. The van der Waals surface area contributed by atoms with Gasteiger partial charge in [-0.1, -0.05) is 32.6 Å². The number of benzene rings is 1. The van der Waals surface area contributed by atoms with Gasteiger partial charge in [0.25, 0.3) is 0 Å². The van der Waals surface area contributed by atoms with E-state index in [4.69, 9.17) is 0 Å². The van der Waals surface area contributed by atoms with Gasteiger partial charge in [0.15, 0.2) is 0 Å². The van der Waals surface area contributed by atoms with Crippen molar-refractivity contribution in [3.63, 3.8) is 0 Å². The van der Waals surface area contributed by atoms with Crippen LogP contribution in [0.25, 0.3) is 5.69 Å². The number of nitrogens with zero attached hydrogens (tertiary/aromatic N) is 6. The Morgan fingerprint density at radius 2 is 1.93 bits per heavy atom. The van der Waals surface area contributed by atoms with Crippen molar-refractivity contribution in [3.8, 4) is 5.69 Å². The zero-order chi connectivity index (χ0) is 21.3. The monoisotopic (exact) mass is 403 g/mol. The molecule has 0 saturated carbocycles. The van der Waals surface area contributed by atoms with E-state index in [9.17, 15) is 0 Å². The number of anilines is 2. The topological polar surface area (TPSA) is 62.1 Å². The van der Waals surface area contributed by atoms with Crippen LogP contribution in [-0.2, 0) is 0 Å². The molecule has 1 N–H and O–H groups in total. The van der Waals surface area contributed by atoms with Crippen LogP contribution in [0.5, 0.6) is 0 Å². The molecule has 1 saturated heterocycles. The van der Waals surface area contributed by atoms with E-state index in [0.29, 0.717) is 11.9 Å². The van der Waals surface area contributed by atoms with E-state index in [-0.39, 0.29) is 6.04 Å². The van der Waals surface area contributed by atoms with Crippen LogP contribution in [0.15, 0.2) is 61.5 Å². The molecule has 3 heterocycles. The summed E-state index contributed by atoms with van der Waals surface area (Å²) in [6, 6.07) is 10.4. The summed E-state index contributed by atoms with van der Waals surface area (Å²) in [6.07, 6.45) is 5.69. The maximum atomic E-state index is 4.68. The third-order valence-corrected chi connectivity index (χ3v) is 5.56. The molecule has 1 aliphatic heterocycles. The Bertz CT molecular complexity index is 1040. The number of nitrogens with one attached hydrogen (secondary N) is 1. The first-order chi connectivity index (χ1) is 14.4. The molecule has 1 unspecified atom stereocenters. The van der Waals surface area contributed by atoms with Crippen LogP contribution >= 0.6 is 0 Å². The lowest BCUT2D eigenvalue weighted by Crippen LogP contribution is -2.21. The van der Waals surface area contributed by atoms with Crippen molar-refractivity contribution in [2.45, 2.75) is 32.7 Å². The number of rotatable bonds is 6. The molecule has 7 nitrogen and oxygen atoms in total. The molecule has 1 aromatic carbocycles. The molecule has 1 fully saturated rings. The van der Waals surface area contributed by atoms with Crippen molar-refractivity contribution >= 4 is 11.8 Å². The predicted molar refractivity (Wildman–Crippen MR) is 121 cm³/mol. The highest BCUT2D eigenvalue weighted by Crippen LogP contribution is 2.24. The van der Waals surface area contributed by atoms with Crippen molar-refractivity contribution < 1.29 is 0 Å². The Balaban J connectivity index is 1.49. The fraction of sp³-hybridized carbons (Fsp3) is 0.348. The number of hydrogen-bond donors (Lipinski definition) is 1. The van der Waals surface area contributed by atoms with Gasteiger partial charge in [0, 0.05) is 38.2 Å². The van der Waals surface area contributed by atoms with Crippen molar-refractivity contribution in [1.29, 1.82) is 0 Å². The minimum absolute atomic E-state index is 0.0285. The van der Waals surface area contributed by atoms with Gasteiger partial charge in [0.1, 0.15) is 11.6 Å². The molecule has 4 rings (SSSR count). The van der Waals surface area contributed by atoms with Gasteiger partial charge in [-0.3, -0.25) is 0 Å². The number of imidazole rings is 1. The summed E-state index contributed by atoms with van der Waals surface area (Å²) in [4.78, 5) is 17.9. The SMILES string of the molecule is C=C1N(C)CCN1c1ccnc(NC(C)c2cn(-c3cccc(C(C)C)c3)cn2)n1. The predicted octanol–water partition coefficient (Wildman–Crippen LogP) is 4.18. The Hall–Kier alpha value is -3.35. The fourth-order valence-electron chi connectivity index (χ4n) is 3.54. The van der Waals surface area contributed by atoms with E-state index in [1.165, 1.54) is 5.56 Å². The summed E-state index contributed by atoms with van der Waals surface area (Å²) >= 11 is 0. The highest BCUT2D eigenvalue weighted by atomic mass is 15.4. The maximum Gasteiger partial charge on any atom is 0.225 e. The summed E-state index contributed by atoms with van der Waals surface area (Å²) < 4.78 is 2.06. The van der Waals surface area contributed by atoms with E-state index in [0.717, 1.165) is 36.1 Å². The summed E-state index contributed by atoms with van der Waals surface area (Å²) in [6.45, 7) is 12.4. The molecule has 0 amide bonds. The maximum absolute atomic E-state index is 4.68. The summed E-state index contributed by atoms with van der Waals surface area (Å²) in [5, 5.41) is 3.37. The van der Waals surface area contributed by atoms with E-state index in [2.05, 4.69) is 92.4 Å². The molecule has 0 radical (unpaired) electrons. The Morgan fingerprint density at radius 1 is 1.10 bits per heavy atom. The minimum atomic E-state index is -0.0285. The van der Waals surface area contributed by atoms with Crippen LogP contribution in [0.1, 0.15) is 44.0 Å². The first-order valence-electron chi connectivity index (χ1n) is 10.3.